The molecule has 13 heteroatoms. The maximum absolute atomic E-state index is 14.4. The van der Waals surface area contributed by atoms with Gasteiger partial charge in [-0.3, -0.25) is 9.59 Å². The third-order valence-corrected chi connectivity index (χ3v) is 6.90. The lowest BCUT2D eigenvalue weighted by molar-refractivity contribution is -0.265. The fourth-order valence-electron chi connectivity index (χ4n) is 4.46. The molecule has 1 aromatic heterocycles. The summed E-state index contributed by atoms with van der Waals surface area (Å²) in [7, 11) is 0. The van der Waals surface area contributed by atoms with Crippen LogP contribution < -0.4 is 21.1 Å². The van der Waals surface area contributed by atoms with Crippen LogP contribution in [0.5, 0.6) is 5.75 Å². The number of nitrogens with zero attached hydrogens (tertiary/aromatic N) is 1. The van der Waals surface area contributed by atoms with Crippen LogP contribution >= 0.6 is 0 Å². The first kappa shape index (κ1) is 25.5. The Morgan fingerprint density at radius 3 is 2.63 bits per heavy atom. The van der Waals surface area contributed by atoms with E-state index in [1.165, 1.54) is 31.4 Å². The third-order valence-electron chi connectivity index (χ3n) is 6.90. The molecule has 0 bridgehead atoms. The molecule has 4 atom stereocenters. The number of benzene rings is 1. The fourth-order valence-corrected chi connectivity index (χ4v) is 4.46. The van der Waals surface area contributed by atoms with E-state index in [9.17, 15) is 32.3 Å². The quantitative estimate of drug-likeness (QED) is 0.414. The van der Waals surface area contributed by atoms with Crippen molar-refractivity contribution in [3.63, 3.8) is 0 Å². The van der Waals surface area contributed by atoms with E-state index in [1.807, 2.05) is 0 Å². The summed E-state index contributed by atoms with van der Waals surface area (Å²) in [5, 5.41) is 16.0. The number of carbonyl (C=O) groups excluding carboxylic acids is 2. The highest BCUT2D eigenvalue weighted by molar-refractivity contribution is 5.94. The first-order valence-corrected chi connectivity index (χ1v) is 11.5. The zero-order valence-electron chi connectivity index (χ0n) is 19.8. The molecule has 0 radical (unpaired) electrons. The van der Waals surface area contributed by atoms with E-state index >= 15 is 0 Å². The van der Waals surface area contributed by atoms with E-state index in [4.69, 9.17) is 15.2 Å². The zero-order valence-corrected chi connectivity index (χ0v) is 19.8. The van der Waals surface area contributed by atoms with E-state index in [2.05, 4.69) is 15.6 Å². The maximum Gasteiger partial charge on any atom is 0.424 e. The summed E-state index contributed by atoms with van der Waals surface area (Å²) in [4.78, 5) is 29.0. The highest BCUT2D eigenvalue weighted by Gasteiger charge is 2.58. The smallest absolute Gasteiger partial charge is 0.424 e. The number of amides is 2. The van der Waals surface area contributed by atoms with Crippen LogP contribution in [-0.4, -0.2) is 53.4 Å². The largest absolute Gasteiger partial charge is 0.492 e. The van der Waals surface area contributed by atoms with Crippen molar-refractivity contribution < 1.29 is 41.7 Å². The molecule has 2 amide bonds. The molecule has 3 aliphatic rings. The van der Waals surface area contributed by atoms with Crippen molar-refractivity contribution in [3.8, 4) is 17.0 Å². The Labute approximate surface area is 213 Å². The van der Waals surface area contributed by atoms with Crippen molar-refractivity contribution >= 4 is 11.8 Å². The summed E-state index contributed by atoms with van der Waals surface area (Å²) in [5.74, 6) is -2.39. The predicted octanol–water partition coefficient (Wildman–Crippen LogP) is 1.66. The second kappa shape index (κ2) is 8.72. The second-order valence-corrected chi connectivity index (χ2v) is 9.45. The number of nitrogens with one attached hydrogen (secondary N) is 2. The number of pyridine rings is 1. The summed E-state index contributed by atoms with van der Waals surface area (Å²) < 4.78 is 67.7. The zero-order chi connectivity index (χ0) is 27.5. The van der Waals surface area contributed by atoms with Gasteiger partial charge in [0, 0.05) is 11.1 Å². The number of aliphatic hydroxyl groups is 1. The van der Waals surface area contributed by atoms with Crippen molar-refractivity contribution in [2.75, 3.05) is 13.2 Å². The minimum absolute atomic E-state index is 0.0162. The highest BCUT2D eigenvalue weighted by atomic mass is 19.4. The van der Waals surface area contributed by atoms with Crippen LogP contribution in [0.1, 0.15) is 18.2 Å². The van der Waals surface area contributed by atoms with Gasteiger partial charge in [0.05, 0.1) is 24.5 Å². The molecule has 0 spiro atoms. The number of nitrogens with two attached hydrogens (primary N) is 1. The van der Waals surface area contributed by atoms with E-state index in [0.29, 0.717) is 0 Å². The molecule has 38 heavy (non-hydrogen) atoms. The van der Waals surface area contributed by atoms with Gasteiger partial charge in [-0.15, -0.1) is 0 Å². The van der Waals surface area contributed by atoms with E-state index in [-0.39, 0.29) is 40.9 Å². The number of carbonyl (C=O) groups is 2. The number of fused-ring (bicyclic) bond motifs is 2. The predicted molar refractivity (Wildman–Crippen MR) is 124 cm³/mol. The standard InChI is InChI=1S/C25H22F4N4O5/c1-23(22(30)35)11-38-20-14(23)8-18(33-19(20)12-2-4-13(26)5-3-12)24(36,25(27,28)29)10-31-21(34)16-9-17-15(32-16)6-7-37-17/h2-9,15,17,32,36H,10-11H2,1H3,(H2,30,35)(H,31,34)/t15?,17?,23-,24?/m0/s1. The van der Waals surface area contributed by atoms with Gasteiger partial charge >= 0.3 is 6.18 Å². The van der Waals surface area contributed by atoms with Crippen molar-refractivity contribution in [2.45, 2.75) is 36.3 Å². The number of hydrogen-bond donors (Lipinski definition) is 4. The van der Waals surface area contributed by atoms with Crippen molar-refractivity contribution in [3.05, 3.63) is 71.5 Å². The van der Waals surface area contributed by atoms with Gasteiger partial charge in [0.15, 0.2) is 0 Å². The number of hydrogen-bond acceptors (Lipinski definition) is 7. The van der Waals surface area contributed by atoms with Gasteiger partial charge in [-0.2, -0.15) is 13.2 Å². The molecule has 0 fully saturated rings. The summed E-state index contributed by atoms with van der Waals surface area (Å²) in [6.45, 7) is -0.195. The molecule has 3 unspecified atom stereocenters. The molecule has 2 aromatic rings. The monoisotopic (exact) mass is 534 g/mol. The Morgan fingerprint density at radius 2 is 2.00 bits per heavy atom. The van der Waals surface area contributed by atoms with Gasteiger partial charge in [-0.25, -0.2) is 9.37 Å². The Kier molecular flexibility index (Phi) is 5.86. The Bertz CT molecular complexity index is 1380. The Hall–Kier alpha value is -4.13. The molecule has 200 valence electrons. The molecule has 5 N–H and O–H groups in total. The topological polar surface area (TPSA) is 136 Å². The Balaban J connectivity index is 1.56. The minimum atomic E-state index is -5.32. The maximum atomic E-state index is 14.4. The van der Waals surface area contributed by atoms with Crippen molar-refractivity contribution in [1.82, 2.24) is 15.6 Å². The number of rotatable bonds is 6. The van der Waals surface area contributed by atoms with E-state index in [0.717, 1.165) is 18.2 Å². The Morgan fingerprint density at radius 1 is 1.29 bits per heavy atom. The summed E-state index contributed by atoms with van der Waals surface area (Å²) in [5.41, 5.74) is -0.608. The number of halogens is 4. The van der Waals surface area contributed by atoms with Crippen molar-refractivity contribution in [1.29, 1.82) is 0 Å². The minimum Gasteiger partial charge on any atom is -0.492 e. The molecule has 3 aliphatic heterocycles. The number of alkyl halides is 3. The normalized spacial score (nSPS) is 24.8. The average Bonchev–Trinajstić information content (AvgIpc) is 3.56. The van der Waals surface area contributed by atoms with Crippen LogP contribution in [0, 0.1) is 5.82 Å². The number of primary amides is 1. The van der Waals surface area contributed by atoms with E-state index in [1.54, 1.807) is 6.08 Å². The summed E-state index contributed by atoms with van der Waals surface area (Å²) in [6.07, 6.45) is -1.28. The van der Waals surface area contributed by atoms with Crippen LogP contribution in [-0.2, 0) is 25.3 Å². The van der Waals surface area contributed by atoms with Gasteiger partial charge < -0.3 is 30.9 Å². The molecule has 1 aromatic carbocycles. The van der Waals surface area contributed by atoms with Gasteiger partial charge in [-0.05, 0) is 49.4 Å². The molecular weight excluding hydrogens is 512 g/mol. The van der Waals surface area contributed by atoms with Crippen LogP contribution in [0.25, 0.3) is 11.3 Å². The molecule has 5 rings (SSSR count). The van der Waals surface area contributed by atoms with Crippen LogP contribution in [0.3, 0.4) is 0 Å². The summed E-state index contributed by atoms with van der Waals surface area (Å²) >= 11 is 0. The van der Waals surface area contributed by atoms with Gasteiger partial charge in [0.25, 0.3) is 5.91 Å². The van der Waals surface area contributed by atoms with Crippen LogP contribution in [0.15, 0.2) is 54.4 Å². The molecule has 0 saturated carbocycles. The second-order valence-electron chi connectivity index (χ2n) is 9.45. The van der Waals surface area contributed by atoms with Crippen molar-refractivity contribution in [2.24, 2.45) is 5.73 Å². The highest BCUT2D eigenvalue weighted by Crippen LogP contribution is 2.47. The average molecular weight is 534 g/mol. The van der Waals surface area contributed by atoms with Crippen LogP contribution in [0.2, 0.25) is 0 Å². The molecular formula is C25H22F4N4O5. The lowest BCUT2D eigenvalue weighted by Crippen LogP contribution is -2.52. The molecule has 0 saturated heterocycles. The SMILES string of the molecule is C[C@]1(C(N)=O)COc2c1cc(C(O)(CNC(=O)C1=CC3OC=CC3N1)C(F)(F)F)nc2-c1ccc(F)cc1. The third kappa shape index (κ3) is 4.02. The van der Waals surface area contributed by atoms with Crippen LogP contribution in [0.4, 0.5) is 17.6 Å². The van der Waals surface area contributed by atoms with Gasteiger partial charge in [0.1, 0.15) is 41.1 Å². The first-order chi connectivity index (χ1) is 17.8. The lowest BCUT2D eigenvalue weighted by Gasteiger charge is -2.31. The lowest BCUT2D eigenvalue weighted by atomic mass is 9.81. The number of aromatic nitrogens is 1. The molecule has 9 nitrogen and oxygen atoms in total. The fraction of sp³-hybridized carbons (Fsp3) is 0.320. The van der Waals surface area contributed by atoms with Gasteiger partial charge in [0.2, 0.25) is 11.5 Å². The molecule has 0 aliphatic carbocycles. The summed E-state index contributed by atoms with van der Waals surface area (Å²) in [6, 6.07) is 5.25. The number of ether oxygens (including phenoxy) is 2. The molecule has 4 heterocycles. The van der Waals surface area contributed by atoms with Gasteiger partial charge in [-0.1, -0.05) is 0 Å². The van der Waals surface area contributed by atoms with E-state index < -0.39 is 53.2 Å². The first-order valence-electron chi connectivity index (χ1n) is 11.5.